The number of amides is 1. The van der Waals surface area contributed by atoms with Gasteiger partial charge in [-0.25, -0.2) is 4.98 Å². The Bertz CT molecular complexity index is 303. The molecule has 0 saturated heterocycles. The Morgan fingerprint density at radius 2 is 2.56 bits per heavy atom. The van der Waals surface area contributed by atoms with Crippen LogP contribution in [0.2, 0.25) is 0 Å². The van der Waals surface area contributed by atoms with E-state index in [1.807, 2.05) is 6.92 Å². The van der Waals surface area contributed by atoms with Gasteiger partial charge in [0.05, 0.1) is 6.04 Å². The summed E-state index contributed by atoms with van der Waals surface area (Å²) in [4.78, 5) is 15.1. The first-order valence-electron chi connectivity index (χ1n) is 5.25. The van der Waals surface area contributed by atoms with Crippen molar-refractivity contribution in [2.24, 2.45) is 5.73 Å². The maximum absolute atomic E-state index is 11.1. The van der Waals surface area contributed by atoms with Crippen LogP contribution in [0.15, 0.2) is 11.5 Å². The summed E-state index contributed by atoms with van der Waals surface area (Å²) in [7, 11) is 0. The summed E-state index contributed by atoms with van der Waals surface area (Å²) in [5, 5.41) is 10.4. The van der Waals surface area contributed by atoms with E-state index in [2.05, 4.69) is 20.5 Å². The van der Waals surface area contributed by atoms with Crippen molar-refractivity contribution in [1.82, 2.24) is 20.5 Å². The van der Waals surface area contributed by atoms with Gasteiger partial charge in [-0.3, -0.25) is 9.89 Å². The van der Waals surface area contributed by atoms with Crippen LogP contribution in [0, 0.1) is 0 Å². The summed E-state index contributed by atoms with van der Waals surface area (Å²) in [5.41, 5.74) is 5.29. The van der Waals surface area contributed by atoms with Crippen molar-refractivity contribution in [1.29, 1.82) is 0 Å². The van der Waals surface area contributed by atoms with Crippen molar-refractivity contribution in [2.75, 3.05) is 12.3 Å². The minimum Gasteiger partial charge on any atom is -0.368 e. The number of thioether (sulfide) groups is 1. The van der Waals surface area contributed by atoms with Crippen LogP contribution in [-0.4, -0.2) is 39.4 Å². The quantitative estimate of drug-likeness (QED) is 0.564. The minimum absolute atomic E-state index is 0.254. The molecule has 1 aromatic rings. The van der Waals surface area contributed by atoms with Gasteiger partial charge in [0.2, 0.25) is 5.91 Å². The maximum atomic E-state index is 11.1. The van der Waals surface area contributed by atoms with Crippen LogP contribution in [0.25, 0.3) is 0 Å². The van der Waals surface area contributed by atoms with E-state index >= 15 is 0 Å². The van der Waals surface area contributed by atoms with Crippen LogP contribution in [0.1, 0.15) is 19.8 Å². The molecule has 1 aromatic heterocycles. The lowest BCUT2D eigenvalue weighted by atomic mass is 10.2. The standard InChI is InChI=1S/C9H17N5OS/c1-2-4-11-7(8(10)15)3-5-16-9-12-6-13-14-9/h6-7,11H,2-5H2,1H3,(H2,10,15)(H,12,13,14). The summed E-state index contributed by atoms with van der Waals surface area (Å²) in [6.45, 7) is 2.86. The largest absolute Gasteiger partial charge is 0.368 e. The van der Waals surface area contributed by atoms with E-state index in [1.54, 1.807) is 0 Å². The Morgan fingerprint density at radius 1 is 1.75 bits per heavy atom. The first-order chi connectivity index (χ1) is 7.74. The van der Waals surface area contributed by atoms with E-state index in [0.717, 1.165) is 23.9 Å². The monoisotopic (exact) mass is 243 g/mol. The van der Waals surface area contributed by atoms with Crippen LogP contribution in [0.5, 0.6) is 0 Å². The van der Waals surface area contributed by atoms with Gasteiger partial charge in [0.25, 0.3) is 0 Å². The highest BCUT2D eigenvalue weighted by atomic mass is 32.2. The molecule has 90 valence electrons. The van der Waals surface area contributed by atoms with Gasteiger partial charge in [0, 0.05) is 5.75 Å². The van der Waals surface area contributed by atoms with Gasteiger partial charge in [0.15, 0.2) is 5.16 Å². The molecule has 0 aliphatic carbocycles. The molecule has 0 saturated carbocycles. The molecular formula is C9H17N5OS. The van der Waals surface area contributed by atoms with Crippen molar-refractivity contribution in [3.8, 4) is 0 Å². The third-order valence-corrected chi connectivity index (χ3v) is 2.93. The summed E-state index contributed by atoms with van der Waals surface area (Å²) in [5.74, 6) is 0.478. The number of carbonyl (C=O) groups is 1. The fraction of sp³-hybridized carbons (Fsp3) is 0.667. The van der Waals surface area contributed by atoms with Crippen LogP contribution in [-0.2, 0) is 4.79 Å². The Morgan fingerprint density at radius 3 is 3.12 bits per heavy atom. The number of nitrogens with one attached hydrogen (secondary N) is 2. The molecule has 0 fully saturated rings. The van der Waals surface area contributed by atoms with E-state index in [1.165, 1.54) is 18.1 Å². The van der Waals surface area contributed by atoms with E-state index in [-0.39, 0.29) is 11.9 Å². The smallest absolute Gasteiger partial charge is 0.234 e. The fourth-order valence-electron chi connectivity index (χ4n) is 1.20. The normalized spacial score (nSPS) is 12.6. The van der Waals surface area contributed by atoms with Crippen molar-refractivity contribution in [2.45, 2.75) is 31.0 Å². The predicted molar refractivity (Wildman–Crippen MR) is 63.0 cm³/mol. The highest BCUT2D eigenvalue weighted by Crippen LogP contribution is 2.12. The van der Waals surface area contributed by atoms with Gasteiger partial charge in [-0.05, 0) is 19.4 Å². The molecule has 4 N–H and O–H groups in total. The second-order valence-electron chi connectivity index (χ2n) is 3.34. The summed E-state index contributed by atoms with van der Waals surface area (Å²) in [6.07, 6.45) is 3.14. The van der Waals surface area contributed by atoms with Gasteiger partial charge in [-0.1, -0.05) is 18.7 Å². The topological polar surface area (TPSA) is 96.7 Å². The highest BCUT2D eigenvalue weighted by Gasteiger charge is 2.13. The lowest BCUT2D eigenvalue weighted by Gasteiger charge is -2.13. The number of primary amides is 1. The average molecular weight is 243 g/mol. The molecule has 0 aliphatic heterocycles. The zero-order valence-electron chi connectivity index (χ0n) is 9.27. The first kappa shape index (κ1) is 13.0. The Balaban J connectivity index is 2.24. The molecule has 0 radical (unpaired) electrons. The molecule has 1 amide bonds. The third-order valence-electron chi connectivity index (χ3n) is 2.02. The van der Waals surface area contributed by atoms with E-state index in [4.69, 9.17) is 5.73 Å². The third kappa shape index (κ3) is 4.63. The number of carbonyl (C=O) groups excluding carboxylic acids is 1. The zero-order chi connectivity index (χ0) is 11.8. The van der Waals surface area contributed by atoms with Crippen LogP contribution >= 0.6 is 11.8 Å². The number of rotatable bonds is 8. The lowest BCUT2D eigenvalue weighted by Crippen LogP contribution is -2.41. The number of hydrogen-bond donors (Lipinski definition) is 3. The summed E-state index contributed by atoms with van der Waals surface area (Å²) < 4.78 is 0. The maximum Gasteiger partial charge on any atom is 0.234 e. The number of nitrogens with two attached hydrogens (primary N) is 1. The van der Waals surface area contributed by atoms with E-state index in [9.17, 15) is 4.79 Å². The number of nitrogens with zero attached hydrogens (tertiary/aromatic N) is 2. The number of H-pyrrole nitrogens is 1. The molecule has 0 aromatic carbocycles. The Labute approximate surface area is 98.8 Å². The zero-order valence-corrected chi connectivity index (χ0v) is 10.1. The van der Waals surface area contributed by atoms with Crippen molar-refractivity contribution in [3.63, 3.8) is 0 Å². The van der Waals surface area contributed by atoms with Crippen LogP contribution < -0.4 is 11.1 Å². The Kier molecular flexibility index (Phi) is 5.87. The molecule has 16 heavy (non-hydrogen) atoms. The number of hydrogen-bond acceptors (Lipinski definition) is 5. The van der Waals surface area contributed by atoms with Crippen molar-refractivity contribution < 1.29 is 4.79 Å². The van der Waals surface area contributed by atoms with Crippen LogP contribution in [0.3, 0.4) is 0 Å². The Hall–Kier alpha value is -1.08. The van der Waals surface area contributed by atoms with Crippen LogP contribution in [0.4, 0.5) is 0 Å². The van der Waals surface area contributed by atoms with Crippen molar-refractivity contribution >= 4 is 17.7 Å². The molecule has 1 atom stereocenters. The molecule has 0 bridgehead atoms. The average Bonchev–Trinajstić information content (AvgIpc) is 2.75. The first-order valence-corrected chi connectivity index (χ1v) is 6.23. The molecule has 1 unspecified atom stereocenters. The number of aromatic amines is 1. The van der Waals surface area contributed by atoms with Gasteiger partial charge in [-0.15, -0.1) is 0 Å². The SMILES string of the molecule is CCCNC(CCSc1ncn[nH]1)C(N)=O. The summed E-state index contributed by atoms with van der Waals surface area (Å²) in [6, 6.07) is -0.254. The second-order valence-corrected chi connectivity index (χ2v) is 4.42. The number of aromatic nitrogens is 3. The van der Waals surface area contributed by atoms with Gasteiger partial charge in [-0.2, -0.15) is 5.10 Å². The predicted octanol–water partition coefficient (Wildman–Crippen LogP) is 0.140. The second kappa shape index (κ2) is 7.24. The molecule has 1 rings (SSSR count). The molecular weight excluding hydrogens is 226 g/mol. The van der Waals surface area contributed by atoms with Gasteiger partial charge < -0.3 is 11.1 Å². The molecule has 6 nitrogen and oxygen atoms in total. The molecule has 0 aliphatic rings. The summed E-state index contributed by atoms with van der Waals surface area (Å²) >= 11 is 1.53. The van der Waals surface area contributed by atoms with E-state index in [0.29, 0.717) is 6.42 Å². The van der Waals surface area contributed by atoms with E-state index < -0.39 is 0 Å². The highest BCUT2D eigenvalue weighted by molar-refractivity contribution is 7.99. The van der Waals surface area contributed by atoms with Gasteiger partial charge in [0.1, 0.15) is 6.33 Å². The van der Waals surface area contributed by atoms with Gasteiger partial charge >= 0.3 is 0 Å². The lowest BCUT2D eigenvalue weighted by molar-refractivity contribution is -0.120. The molecule has 7 heteroatoms. The minimum atomic E-state index is -0.299. The molecule has 0 spiro atoms. The fourth-order valence-corrected chi connectivity index (χ4v) is 1.99. The molecule has 1 heterocycles. The van der Waals surface area contributed by atoms with Crippen molar-refractivity contribution in [3.05, 3.63) is 6.33 Å².